The summed E-state index contributed by atoms with van der Waals surface area (Å²) in [5.74, 6) is 3.90. The number of carbonyl (C=O) groups excluding carboxylic acids is 1. The third-order valence-electron chi connectivity index (χ3n) is 6.14. The average Bonchev–Trinajstić information content (AvgIpc) is 2.63. The van der Waals surface area contributed by atoms with Crippen LogP contribution in [-0.4, -0.2) is 12.4 Å². The van der Waals surface area contributed by atoms with Gasteiger partial charge in [0.05, 0.1) is 6.61 Å². The molecule has 1 aromatic rings. The molecule has 0 aromatic heterocycles. The molecule has 0 atom stereocenters. The highest BCUT2D eigenvalue weighted by Gasteiger charge is 2.30. The smallest absolute Gasteiger partial charge is 0.132 e. The van der Waals surface area contributed by atoms with Gasteiger partial charge in [0, 0.05) is 12.8 Å². The number of Topliss-reactive ketones (excluding diaryl/α,β-unsaturated/α-hetero) is 1. The molecule has 0 aliphatic heterocycles. The predicted octanol–water partition coefficient (Wildman–Crippen LogP) is 5.90. The van der Waals surface area contributed by atoms with Crippen molar-refractivity contribution in [2.45, 2.75) is 77.0 Å². The molecule has 2 aliphatic carbocycles. The zero-order chi connectivity index (χ0) is 16.8. The van der Waals surface area contributed by atoms with Gasteiger partial charge in [-0.2, -0.15) is 0 Å². The highest BCUT2D eigenvalue weighted by Crippen LogP contribution is 2.42. The highest BCUT2D eigenvalue weighted by atomic mass is 16.5. The summed E-state index contributed by atoms with van der Waals surface area (Å²) in [4.78, 5) is 11.4. The van der Waals surface area contributed by atoms with Crippen molar-refractivity contribution in [3.05, 3.63) is 29.8 Å². The van der Waals surface area contributed by atoms with E-state index in [9.17, 15) is 4.79 Å². The van der Waals surface area contributed by atoms with Gasteiger partial charge < -0.3 is 4.74 Å². The van der Waals surface area contributed by atoms with Crippen LogP contribution in [0.3, 0.4) is 0 Å². The molecule has 0 bridgehead atoms. The lowest BCUT2D eigenvalue weighted by Crippen LogP contribution is -2.25. The topological polar surface area (TPSA) is 26.3 Å². The van der Waals surface area contributed by atoms with Crippen LogP contribution < -0.4 is 4.74 Å². The van der Waals surface area contributed by atoms with Gasteiger partial charge in [0.1, 0.15) is 11.5 Å². The standard InChI is InChI=1S/C22H32O2/c1-2-3-16-24-22-14-10-20(11-15-22)18-6-4-17(5-7-18)19-8-12-21(23)13-9-19/h10-11,14-15,17-19H,2-9,12-13,16H2,1H3. The summed E-state index contributed by atoms with van der Waals surface area (Å²) in [6, 6.07) is 8.82. The number of hydrogen-bond acceptors (Lipinski definition) is 2. The zero-order valence-corrected chi connectivity index (χ0v) is 15.1. The number of ether oxygens (including phenoxy) is 1. The summed E-state index contributed by atoms with van der Waals surface area (Å²) in [5, 5.41) is 0. The van der Waals surface area contributed by atoms with Gasteiger partial charge in [-0.3, -0.25) is 4.79 Å². The van der Waals surface area contributed by atoms with Crippen LogP contribution in [0.1, 0.15) is 82.6 Å². The number of benzene rings is 1. The zero-order valence-electron chi connectivity index (χ0n) is 15.1. The van der Waals surface area contributed by atoms with Crippen molar-refractivity contribution in [1.82, 2.24) is 0 Å². The summed E-state index contributed by atoms with van der Waals surface area (Å²) < 4.78 is 5.77. The van der Waals surface area contributed by atoms with E-state index < -0.39 is 0 Å². The molecule has 0 spiro atoms. The van der Waals surface area contributed by atoms with Gasteiger partial charge in [-0.15, -0.1) is 0 Å². The van der Waals surface area contributed by atoms with Crippen LogP contribution in [0.15, 0.2) is 24.3 Å². The van der Waals surface area contributed by atoms with Crippen LogP contribution >= 0.6 is 0 Å². The number of carbonyl (C=O) groups is 1. The summed E-state index contributed by atoms with van der Waals surface area (Å²) in [5.41, 5.74) is 1.48. The van der Waals surface area contributed by atoms with Crippen molar-refractivity contribution in [3.8, 4) is 5.75 Å². The number of ketones is 1. The summed E-state index contributed by atoms with van der Waals surface area (Å²) in [6.07, 6.45) is 11.6. The molecule has 0 N–H and O–H groups in total. The van der Waals surface area contributed by atoms with Crippen molar-refractivity contribution in [3.63, 3.8) is 0 Å². The molecule has 2 fully saturated rings. The molecule has 2 nitrogen and oxygen atoms in total. The van der Waals surface area contributed by atoms with Gasteiger partial charge >= 0.3 is 0 Å². The summed E-state index contributed by atoms with van der Waals surface area (Å²) >= 11 is 0. The largest absolute Gasteiger partial charge is 0.494 e. The lowest BCUT2D eigenvalue weighted by atomic mass is 9.70. The Labute approximate surface area is 147 Å². The fraction of sp³-hybridized carbons (Fsp3) is 0.682. The lowest BCUT2D eigenvalue weighted by Gasteiger charge is -2.35. The Balaban J connectivity index is 1.46. The number of rotatable bonds is 6. The minimum atomic E-state index is 0.487. The Kier molecular flexibility index (Phi) is 6.34. The molecule has 132 valence electrons. The molecule has 0 radical (unpaired) electrons. The number of unbranched alkanes of at least 4 members (excludes halogenated alkanes) is 1. The minimum absolute atomic E-state index is 0.487. The Morgan fingerprint density at radius 3 is 2.17 bits per heavy atom. The molecular formula is C22H32O2. The van der Waals surface area contributed by atoms with E-state index in [1.807, 2.05) is 0 Å². The Hall–Kier alpha value is -1.31. The second kappa shape index (κ2) is 8.69. The van der Waals surface area contributed by atoms with Crippen molar-refractivity contribution in [2.75, 3.05) is 6.61 Å². The quantitative estimate of drug-likeness (QED) is 0.608. The SMILES string of the molecule is CCCCOc1ccc(C2CCC(C3CCC(=O)CC3)CC2)cc1. The van der Waals surface area contributed by atoms with Crippen LogP contribution in [0.5, 0.6) is 5.75 Å². The van der Waals surface area contributed by atoms with E-state index in [1.165, 1.54) is 37.7 Å². The van der Waals surface area contributed by atoms with E-state index in [2.05, 4.69) is 31.2 Å². The number of hydrogen-bond donors (Lipinski definition) is 0. The predicted molar refractivity (Wildman–Crippen MR) is 98.5 cm³/mol. The van der Waals surface area contributed by atoms with Gasteiger partial charge in [-0.25, -0.2) is 0 Å². The van der Waals surface area contributed by atoms with Crippen LogP contribution in [-0.2, 0) is 4.79 Å². The Bertz CT molecular complexity index is 501. The molecule has 0 heterocycles. The molecule has 0 saturated heterocycles. The van der Waals surface area contributed by atoms with Crippen LogP contribution in [0.4, 0.5) is 0 Å². The Morgan fingerprint density at radius 2 is 1.54 bits per heavy atom. The first kappa shape index (κ1) is 17.5. The van der Waals surface area contributed by atoms with Gasteiger partial charge in [-0.1, -0.05) is 25.5 Å². The second-order valence-electron chi connectivity index (χ2n) is 7.76. The van der Waals surface area contributed by atoms with E-state index in [0.29, 0.717) is 5.78 Å². The second-order valence-corrected chi connectivity index (χ2v) is 7.76. The van der Waals surface area contributed by atoms with Gasteiger partial charge in [0.15, 0.2) is 0 Å². The maximum absolute atomic E-state index is 11.4. The monoisotopic (exact) mass is 328 g/mol. The van der Waals surface area contributed by atoms with E-state index in [0.717, 1.165) is 62.2 Å². The highest BCUT2D eigenvalue weighted by molar-refractivity contribution is 5.79. The molecular weight excluding hydrogens is 296 g/mol. The van der Waals surface area contributed by atoms with Crippen LogP contribution in [0.25, 0.3) is 0 Å². The van der Waals surface area contributed by atoms with Gasteiger partial charge in [-0.05, 0) is 80.4 Å². The van der Waals surface area contributed by atoms with E-state index >= 15 is 0 Å². The molecule has 2 aliphatic rings. The average molecular weight is 328 g/mol. The maximum Gasteiger partial charge on any atom is 0.132 e. The molecule has 24 heavy (non-hydrogen) atoms. The summed E-state index contributed by atoms with van der Waals surface area (Å²) in [7, 11) is 0. The fourth-order valence-electron chi connectivity index (χ4n) is 4.53. The molecule has 1 aromatic carbocycles. The van der Waals surface area contributed by atoms with E-state index in [-0.39, 0.29) is 0 Å². The summed E-state index contributed by atoms with van der Waals surface area (Å²) in [6.45, 7) is 3.01. The first-order valence-electron chi connectivity index (χ1n) is 10.0. The van der Waals surface area contributed by atoms with Crippen LogP contribution in [0.2, 0.25) is 0 Å². The first-order valence-corrected chi connectivity index (χ1v) is 10.0. The molecule has 3 rings (SSSR count). The van der Waals surface area contributed by atoms with Crippen molar-refractivity contribution in [1.29, 1.82) is 0 Å². The van der Waals surface area contributed by atoms with Crippen molar-refractivity contribution in [2.24, 2.45) is 11.8 Å². The first-order chi connectivity index (χ1) is 11.8. The normalized spacial score (nSPS) is 25.6. The van der Waals surface area contributed by atoms with Crippen molar-refractivity contribution < 1.29 is 9.53 Å². The maximum atomic E-state index is 11.4. The third-order valence-corrected chi connectivity index (χ3v) is 6.14. The minimum Gasteiger partial charge on any atom is -0.494 e. The van der Waals surface area contributed by atoms with Gasteiger partial charge in [0.2, 0.25) is 0 Å². The van der Waals surface area contributed by atoms with Gasteiger partial charge in [0.25, 0.3) is 0 Å². The van der Waals surface area contributed by atoms with Crippen molar-refractivity contribution >= 4 is 5.78 Å². The molecule has 0 amide bonds. The van der Waals surface area contributed by atoms with Crippen LogP contribution in [0, 0.1) is 11.8 Å². The van der Waals surface area contributed by atoms with E-state index in [4.69, 9.17) is 4.74 Å². The third kappa shape index (κ3) is 4.62. The molecule has 0 unspecified atom stereocenters. The Morgan fingerprint density at radius 1 is 0.917 bits per heavy atom. The lowest BCUT2D eigenvalue weighted by molar-refractivity contribution is -0.121. The fourth-order valence-corrected chi connectivity index (χ4v) is 4.53. The molecule has 2 saturated carbocycles. The van der Waals surface area contributed by atoms with E-state index in [1.54, 1.807) is 0 Å². The molecule has 2 heteroatoms.